The fourth-order valence-electron chi connectivity index (χ4n) is 1.24. The second-order valence-corrected chi connectivity index (χ2v) is 3.09. The Labute approximate surface area is 92.9 Å². The van der Waals surface area contributed by atoms with E-state index in [1.165, 1.54) is 7.11 Å². The quantitative estimate of drug-likeness (QED) is 0.373. The van der Waals surface area contributed by atoms with Gasteiger partial charge in [0.15, 0.2) is 0 Å². The summed E-state index contributed by atoms with van der Waals surface area (Å²) in [6.45, 7) is 0. The predicted molar refractivity (Wildman–Crippen MR) is 58.6 cm³/mol. The molecule has 0 saturated carbocycles. The van der Waals surface area contributed by atoms with Crippen molar-refractivity contribution in [2.45, 2.75) is 5.88 Å². The highest BCUT2D eigenvalue weighted by Gasteiger charge is 2.15. The molecule has 3 nitrogen and oxygen atoms in total. The minimum atomic E-state index is -0.588. The van der Waals surface area contributed by atoms with Gasteiger partial charge < -0.3 is 9.84 Å². The van der Waals surface area contributed by atoms with Crippen LogP contribution in [0.15, 0.2) is 30.5 Å². The summed E-state index contributed by atoms with van der Waals surface area (Å²) < 4.78 is 4.55. The number of halogens is 1. The van der Waals surface area contributed by atoms with Gasteiger partial charge in [0.2, 0.25) is 0 Å². The zero-order chi connectivity index (χ0) is 11.3. The van der Waals surface area contributed by atoms with Crippen LogP contribution in [0.4, 0.5) is 0 Å². The Hall–Kier alpha value is -1.48. The number of esters is 1. The fraction of sp³-hybridized carbons (Fsp3) is 0.182. The lowest BCUT2D eigenvalue weighted by molar-refractivity contribution is -0.133. The first kappa shape index (κ1) is 11.6. The van der Waals surface area contributed by atoms with Gasteiger partial charge in [-0.3, -0.25) is 0 Å². The highest BCUT2D eigenvalue weighted by molar-refractivity contribution is 6.19. The van der Waals surface area contributed by atoms with Crippen LogP contribution in [0, 0.1) is 0 Å². The number of hydrogen-bond acceptors (Lipinski definition) is 3. The number of rotatable bonds is 3. The van der Waals surface area contributed by atoms with E-state index >= 15 is 0 Å². The second kappa shape index (κ2) is 5.41. The van der Waals surface area contributed by atoms with Crippen LogP contribution in [-0.4, -0.2) is 18.2 Å². The van der Waals surface area contributed by atoms with Gasteiger partial charge in [0.05, 0.1) is 13.4 Å². The van der Waals surface area contributed by atoms with E-state index in [2.05, 4.69) is 4.74 Å². The molecule has 15 heavy (non-hydrogen) atoms. The number of methoxy groups -OCH3 is 1. The Morgan fingerprint density at radius 2 is 2.20 bits per heavy atom. The van der Waals surface area contributed by atoms with Crippen molar-refractivity contribution in [3.05, 3.63) is 41.7 Å². The highest BCUT2D eigenvalue weighted by Crippen LogP contribution is 2.21. The Morgan fingerprint density at radius 3 is 2.73 bits per heavy atom. The maximum absolute atomic E-state index is 11.3. The number of hydrogen-bond donors (Lipinski definition) is 1. The smallest absolute Gasteiger partial charge is 0.341 e. The lowest BCUT2D eigenvalue weighted by Gasteiger charge is -2.08. The Kier molecular flexibility index (Phi) is 4.18. The lowest BCUT2D eigenvalue weighted by Crippen LogP contribution is -2.05. The van der Waals surface area contributed by atoms with Gasteiger partial charge in [0, 0.05) is 5.88 Å². The minimum absolute atomic E-state index is 0.105. The lowest BCUT2D eigenvalue weighted by atomic mass is 10.0. The van der Waals surface area contributed by atoms with E-state index in [1.54, 1.807) is 18.2 Å². The summed E-state index contributed by atoms with van der Waals surface area (Å²) in [5.74, 6) is -0.320. The van der Waals surface area contributed by atoms with E-state index in [-0.39, 0.29) is 11.5 Å². The molecule has 0 atom stereocenters. The average Bonchev–Trinajstić information content (AvgIpc) is 2.30. The number of aliphatic hydroxyl groups is 1. The zero-order valence-corrected chi connectivity index (χ0v) is 8.99. The fourth-order valence-corrected chi connectivity index (χ4v) is 1.47. The Balaban J connectivity index is 3.18. The summed E-state index contributed by atoms with van der Waals surface area (Å²) in [5, 5.41) is 8.99. The molecule has 0 aromatic heterocycles. The monoisotopic (exact) mass is 226 g/mol. The molecular weight excluding hydrogens is 216 g/mol. The van der Waals surface area contributed by atoms with Crippen molar-refractivity contribution in [1.29, 1.82) is 0 Å². The first-order valence-corrected chi connectivity index (χ1v) is 4.85. The maximum Gasteiger partial charge on any atom is 0.341 e. The standard InChI is InChI=1S/C11H11ClO3/c1-15-11(14)10(7-13)9-5-3-2-4-8(9)6-12/h2-5,7,13H,6H2,1H3. The number of aliphatic hydroxyl groups excluding tert-OH is 1. The summed E-state index contributed by atoms with van der Waals surface area (Å²) in [7, 11) is 1.26. The number of ether oxygens (including phenoxy) is 1. The van der Waals surface area contributed by atoms with Crippen molar-refractivity contribution in [3.63, 3.8) is 0 Å². The molecule has 1 aromatic carbocycles. The Bertz CT molecular complexity index is 385. The van der Waals surface area contributed by atoms with Gasteiger partial charge in [0.1, 0.15) is 5.57 Å². The van der Waals surface area contributed by atoms with Crippen molar-refractivity contribution >= 4 is 23.1 Å². The van der Waals surface area contributed by atoms with Gasteiger partial charge in [-0.25, -0.2) is 4.79 Å². The van der Waals surface area contributed by atoms with E-state index in [0.29, 0.717) is 5.56 Å². The normalized spacial score (nSPS) is 11.2. The molecule has 0 bridgehead atoms. The molecule has 0 amide bonds. The van der Waals surface area contributed by atoms with Crippen LogP contribution < -0.4 is 0 Å². The average molecular weight is 227 g/mol. The molecule has 1 aromatic rings. The van der Waals surface area contributed by atoms with Crippen molar-refractivity contribution < 1.29 is 14.6 Å². The van der Waals surface area contributed by atoms with Crippen LogP contribution in [0.5, 0.6) is 0 Å². The third kappa shape index (κ3) is 2.50. The van der Waals surface area contributed by atoms with Crippen LogP contribution in [-0.2, 0) is 15.4 Å². The van der Waals surface area contributed by atoms with Crippen LogP contribution in [0.25, 0.3) is 5.57 Å². The van der Waals surface area contributed by atoms with E-state index in [4.69, 9.17) is 16.7 Å². The molecule has 0 aliphatic heterocycles. The summed E-state index contributed by atoms with van der Waals surface area (Å²) in [6.07, 6.45) is 0.733. The molecule has 0 saturated heterocycles. The largest absolute Gasteiger partial charge is 0.515 e. The number of alkyl halides is 1. The molecule has 0 heterocycles. The summed E-state index contributed by atoms with van der Waals surface area (Å²) in [6, 6.07) is 7.07. The molecule has 0 aliphatic rings. The summed E-state index contributed by atoms with van der Waals surface area (Å²) >= 11 is 5.72. The predicted octanol–water partition coefficient (Wildman–Crippen LogP) is 2.50. The summed E-state index contributed by atoms with van der Waals surface area (Å²) in [4.78, 5) is 11.3. The topological polar surface area (TPSA) is 46.5 Å². The second-order valence-electron chi connectivity index (χ2n) is 2.83. The molecule has 0 unspecified atom stereocenters. The molecule has 0 radical (unpaired) electrons. The van der Waals surface area contributed by atoms with E-state index in [1.807, 2.05) is 6.07 Å². The molecule has 0 aliphatic carbocycles. The van der Waals surface area contributed by atoms with Crippen molar-refractivity contribution in [2.75, 3.05) is 7.11 Å². The Morgan fingerprint density at radius 1 is 1.53 bits per heavy atom. The van der Waals surface area contributed by atoms with E-state index < -0.39 is 5.97 Å². The van der Waals surface area contributed by atoms with Gasteiger partial charge >= 0.3 is 5.97 Å². The van der Waals surface area contributed by atoms with E-state index in [0.717, 1.165) is 11.8 Å². The maximum atomic E-state index is 11.3. The van der Waals surface area contributed by atoms with Crippen LogP contribution in [0.1, 0.15) is 11.1 Å². The SMILES string of the molecule is COC(=O)C(=CO)c1ccccc1CCl. The third-order valence-corrected chi connectivity index (χ3v) is 2.27. The summed E-state index contributed by atoms with van der Waals surface area (Å²) in [5.41, 5.74) is 1.46. The molecule has 4 heteroatoms. The minimum Gasteiger partial charge on any atom is -0.515 e. The van der Waals surface area contributed by atoms with Crippen molar-refractivity contribution in [3.8, 4) is 0 Å². The van der Waals surface area contributed by atoms with Gasteiger partial charge in [-0.15, -0.1) is 11.6 Å². The van der Waals surface area contributed by atoms with Crippen LogP contribution in [0.3, 0.4) is 0 Å². The zero-order valence-electron chi connectivity index (χ0n) is 8.24. The number of carbonyl (C=O) groups excluding carboxylic acids is 1. The van der Waals surface area contributed by atoms with E-state index in [9.17, 15) is 4.79 Å². The number of carbonyl (C=O) groups is 1. The van der Waals surface area contributed by atoms with Crippen LogP contribution in [0.2, 0.25) is 0 Å². The molecular formula is C11H11ClO3. The van der Waals surface area contributed by atoms with Crippen molar-refractivity contribution in [1.82, 2.24) is 0 Å². The first-order chi connectivity index (χ1) is 7.24. The van der Waals surface area contributed by atoms with Gasteiger partial charge in [-0.05, 0) is 11.1 Å². The first-order valence-electron chi connectivity index (χ1n) is 4.31. The van der Waals surface area contributed by atoms with Gasteiger partial charge in [-0.1, -0.05) is 24.3 Å². The molecule has 0 fully saturated rings. The molecule has 1 rings (SSSR count). The van der Waals surface area contributed by atoms with Crippen molar-refractivity contribution in [2.24, 2.45) is 0 Å². The number of benzene rings is 1. The third-order valence-electron chi connectivity index (χ3n) is 1.99. The van der Waals surface area contributed by atoms with Crippen LogP contribution >= 0.6 is 11.6 Å². The highest BCUT2D eigenvalue weighted by atomic mass is 35.5. The van der Waals surface area contributed by atoms with Gasteiger partial charge in [-0.2, -0.15) is 0 Å². The molecule has 80 valence electrons. The van der Waals surface area contributed by atoms with Gasteiger partial charge in [0.25, 0.3) is 0 Å². The molecule has 0 spiro atoms. The molecule has 1 N–H and O–H groups in total.